The van der Waals surface area contributed by atoms with Crippen LogP contribution in [-0.4, -0.2) is 43.0 Å². The number of hydrogen-bond donors (Lipinski definition) is 1. The van der Waals surface area contributed by atoms with Crippen LogP contribution in [0.15, 0.2) is 24.3 Å². The second kappa shape index (κ2) is 8.41. The Labute approximate surface area is 167 Å². The first kappa shape index (κ1) is 19.1. The third kappa shape index (κ3) is 3.95. The molecule has 5 nitrogen and oxygen atoms in total. The molecule has 0 atom stereocenters. The van der Waals surface area contributed by atoms with Crippen molar-refractivity contribution in [3.63, 3.8) is 0 Å². The summed E-state index contributed by atoms with van der Waals surface area (Å²) in [6.45, 7) is 2.19. The highest BCUT2D eigenvalue weighted by atomic mass is 32.1. The Hall–Kier alpha value is -2.25. The number of carbonyl (C=O) groups excluding carboxylic acids is 2. The zero-order valence-corrected chi connectivity index (χ0v) is 16.4. The van der Waals surface area contributed by atoms with Crippen LogP contribution in [0.3, 0.4) is 0 Å². The minimum absolute atomic E-state index is 0.0381. The normalized spacial score (nSPS) is 16.5. The molecule has 2 aliphatic rings. The van der Waals surface area contributed by atoms with E-state index in [1.807, 2.05) is 0 Å². The fourth-order valence-corrected chi connectivity index (χ4v) is 5.09. The summed E-state index contributed by atoms with van der Waals surface area (Å²) in [5, 5.41) is 3.50. The largest absolute Gasteiger partial charge is 0.378 e. The molecular formula is C21H23FN2O3S. The Morgan fingerprint density at radius 3 is 2.68 bits per heavy atom. The van der Waals surface area contributed by atoms with E-state index in [2.05, 4.69) is 5.32 Å². The van der Waals surface area contributed by atoms with Gasteiger partial charge in [-0.05, 0) is 42.9 Å². The zero-order valence-electron chi connectivity index (χ0n) is 15.6. The standard InChI is InChI=1S/C21H23FN2O3S/c22-16-7-3-1-5-14(16)13-18(25)23-20-19(15-6-2-4-8-17(15)28-20)21(26)24-9-11-27-12-10-24/h1,3,5,7H,2,4,6,8-13H2,(H,23,25). The fraction of sp³-hybridized carbons (Fsp3) is 0.429. The maximum absolute atomic E-state index is 13.9. The first-order valence-corrected chi connectivity index (χ1v) is 10.5. The lowest BCUT2D eigenvalue weighted by Gasteiger charge is -2.27. The highest BCUT2D eigenvalue weighted by Crippen LogP contribution is 2.39. The minimum atomic E-state index is -0.396. The number of fused-ring (bicyclic) bond motifs is 1. The molecule has 0 spiro atoms. The maximum Gasteiger partial charge on any atom is 0.257 e. The summed E-state index contributed by atoms with van der Waals surface area (Å²) in [4.78, 5) is 28.8. The molecule has 0 saturated carbocycles. The van der Waals surface area contributed by atoms with E-state index >= 15 is 0 Å². The van der Waals surface area contributed by atoms with Crippen LogP contribution in [-0.2, 0) is 28.8 Å². The van der Waals surface area contributed by atoms with E-state index < -0.39 is 5.82 Å². The third-order valence-corrected chi connectivity index (χ3v) is 6.45. The molecule has 0 unspecified atom stereocenters. The smallest absolute Gasteiger partial charge is 0.257 e. The van der Waals surface area contributed by atoms with Gasteiger partial charge >= 0.3 is 0 Å². The number of rotatable bonds is 4. The van der Waals surface area contributed by atoms with Crippen LogP contribution >= 0.6 is 11.3 Å². The molecule has 1 aromatic carbocycles. The van der Waals surface area contributed by atoms with Gasteiger partial charge in [-0.2, -0.15) is 0 Å². The van der Waals surface area contributed by atoms with Crippen molar-refractivity contribution in [3.8, 4) is 0 Å². The van der Waals surface area contributed by atoms with E-state index in [1.54, 1.807) is 23.1 Å². The van der Waals surface area contributed by atoms with Gasteiger partial charge in [0.15, 0.2) is 0 Å². The molecule has 0 bridgehead atoms. The van der Waals surface area contributed by atoms with Gasteiger partial charge in [0.2, 0.25) is 5.91 Å². The topological polar surface area (TPSA) is 58.6 Å². The number of thiophene rings is 1. The van der Waals surface area contributed by atoms with Crippen LogP contribution in [0.25, 0.3) is 0 Å². The van der Waals surface area contributed by atoms with Gasteiger partial charge in [-0.3, -0.25) is 9.59 Å². The Kier molecular flexibility index (Phi) is 5.73. The van der Waals surface area contributed by atoms with Crippen LogP contribution in [0.1, 0.15) is 39.2 Å². The summed E-state index contributed by atoms with van der Waals surface area (Å²) in [7, 11) is 0. The molecule has 0 radical (unpaired) electrons. The molecule has 4 rings (SSSR count). The molecule has 1 aromatic heterocycles. The van der Waals surface area contributed by atoms with Crippen LogP contribution in [0, 0.1) is 5.82 Å². The number of hydrogen-bond acceptors (Lipinski definition) is 4. The van der Waals surface area contributed by atoms with Crippen molar-refractivity contribution >= 4 is 28.2 Å². The van der Waals surface area contributed by atoms with Crippen LogP contribution in [0.4, 0.5) is 9.39 Å². The molecule has 2 amide bonds. The summed E-state index contributed by atoms with van der Waals surface area (Å²) in [6, 6.07) is 6.26. The van der Waals surface area contributed by atoms with E-state index in [4.69, 9.17) is 4.74 Å². The summed E-state index contributed by atoms with van der Waals surface area (Å²) in [5.74, 6) is -0.739. The van der Waals surface area contributed by atoms with Crippen molar-refractivity contribution in [2.75, 3.05) is 31.6 Å². The average Bonchev–Trinajstić information content (AvgIpc) is 3.07. The molecule has 148 valence electrons. The monoisotopic (exact) mass is 402 g/mol. The second-order valence-corrected chi connectivity index (χ2v) is 8.24. The van der Waals surface area contributed by atoms with Gasteiger partial charge in [0, 0.05) is 18.0 Å². The zero-order chi connectivity index (χ0) is 19.5. The van der Waals surface area contributed by atoms with Crippen molar-refractivity contribution in [1.82, 2.24) is 4.90 Å². The van der Waals surface area contributed by atoms with E-state index in [0.717, 1.165) is 31.2 Å². The number of carbonyl (C=O) groups is 2. The quantitative estimate of drug-likeness (QED) is 0.853. The number of nitrogens with one attached hydrogen (secondary N) is 1. The number of aryl methyl sites for hydroxylation is 1. The van der Waals surface area contributed by atoms with Gasteiger partial charge in [0.1, 0.15) is 10.8 Å². The maximum atomic E-state index is 13.9. The van der Waals surface area contributed by atoms with E-state index in [9.17, 15) is 14.0 Å². The van der Waals surface area contributed by atoms with Gasteiger partial charge in [0.25, 0.3) is 5.91 Å². The summed E-state index contributed by atoms with van der Waals surface area (Å²) < 4.78 is 19.2. The Balaban J connectivity index is 1.59. The molecule has 1 aliphatic heterocycles. The number of morpholine rings is 1. The summed E-state index contributed by atoms with van der Waals surface area (Å²) in [5.41, 5.74) is 2.06. The lowest BCUT2D eigenvalue weighted by atomic mass is 9.95. The number of amides is 2. The summed E-state index contributed by atoms with van der Waals surface area (Å²) in [6.07, 6.45) is 3.89. The SMILES string of the molecule is O=C(Cc1ccccc1F)Nc1sc2c(c1C(=O)N1CCOCC1)CCCC2. The minimum Gasteiger partial charge on any atom is -0.378 e. The van der Waals surface area contributed by atoms with Crippen LogP contribution < -0.4 is 5.32 Å². The van der Waals surface area contributed by atoms with Crippen molar-refractivity contribution in [2.24, 2.45) is 0 Å². The lowest BCUT2D eigenvalue weighted by molar-refractivity contribution is -0.115. The predicted molar refractivity (Wildman–Crippen MR) is 106 cm³/mol. The van der Waals surface area contributed by atoms with Crippen LogP contribution in [0.5, 0.6) is 0 Å². The summed E-state index contributed by atoms with van der Waals surface area (Å²) >= 11 is 1.49. The first-order chi connectivity index (χ1) is 13.6. The predicted octanol–water partition coefficient (Wildman–Crippen LogP) is 3.42. The molecule has 2 aromatic rings. The molecule has 1 fully saturated rings. The van der Waals surface area contributed by atoms with E-state index in [0.29, 0.717) is 42.4 Å². The van der Waals surface area contributed by atoms with Crippen molar-refractivity contribution < 1.29 is 18.7 Å². The molecule has 1 N–H and O–H groups in total. The first-order valence-electron chi connectivity index (χ1n) is 9.68. The van der Waals surface area contributed by atoms with E-state index in [-0.39, 0.29) is 18.2 Å². The highest BCUT2D eigenvalue weighted by molar-refractivity contribution is 7.17. The third-order valence-electron chi connectivity index (χ3n) is 5.25. The molecule has 28 heavy (non-hydrogen) atoms. The van der Waals surface area contributed by atoms with Gasteiger partial charge < -0.3 is 15.0 Å². The number of nitrogens with zero attached hydrogens (tertiary/aromatic N) is 1. The molecule has 7 heteroatoms. The van der Waals surface area contributed by atoms with Crippen molar-refractivity contribution in [1.29, 1.82) is 0 Å². The number of ether oxygens (including phenoxy) is 1. The van der Waals surface area contributed by atoms with Gasteiger partial charge in [-0.25, -0.2) is 4.39 Å². The second-order valence-electron chi connectivity index (χ2n) is 7.14. The number of benzene rings is 1. The lowest BCUT2D eigenvalue weighted by Crippen LogP contribution is -2.41. The van der Waals surface area contributed by atoms with Gasteiger partial charge in [-0.15, -0.1) is 11.3 Å². The molecule has 2 heterocycles. The van der Waals surface area contributed by atoms with Gasteiger partial charge in [-0.1, -0.05) is 18.2 Å². The number of halogens is 1. The Bertz CT molecular complexity index is 890. The molecule has 1 saturated heterocycles. The van der Waals surface area contributed by atoms with E-state index in [1.165, 1.54) is 22.3 Å². The van der Waals surface area contributed by atoms with Crippen molar-refractivity contribution in [3.05, 3.63) is 51.7 Å². The van der Waals surface area contributed by atoms with Crippen LogP contribution in [0.2, 0.25) is 0 Å². The Morgan fingerprint density at radius 1 is 1.14 bits per heavy atom. The average molecular weight is 402 g/mol. The van der Waals surface area contributed by atoms with Crippen molar-refractivity contribution in [2.45, 2.75) is 32.1 Å². The van der Waals surface area contributed by atoms with Gasteiger partial charge in [0.05, 0.1) is 25.2 Å². The Morgan fingerprint density at radius 2 is 1.89 bits per heavy atom. The molecule has 1 aliphatic carbocycles. The highest BCUT2D eigenvalue weighted by Gasteiger charge is 2.30. The fourth-order valence-electron chi connectivity index (χ4n) is 3.79. The number of anilines is 1. The molecular weight excluding hydrogens is 379 g/mol.